The quantitative estimate of drug-likeness (QED) is 0.361. The van der Waals surface area contributed by atoms with E-state index in [2.05, 4.69) is 59.4 Å². The number of rotatable bonds is 2. The van der Waals surface area contributed by atoms with Crippen LogP contribution in [0.2, 0.25) is 5.02 Å². The van der Waals surface area contributed by atoms with E-state index < -0.39 is 0 Å². The van der Waals surface area contributed by atoms with Gasteiger partial charge in [0.2, 0.25) is 0 Å². The number of urea groups is 1. The summed E-state index contributed by atoms with van der Waals surface area (Å²) in [4.78, 5) is 15.7. The van der Waals surface area contributed by atoms with Crippen molar-refractivity contribution >= 4 is 23.3 Å². The summed E-state index contributed by atoms with van der Waals surface area (Å²) in [5, 5.41) is 3.70. The first kappa shape index (κ1) is 20.4. The Kier molecular flexibility index (Phi) is 5.24. The molecule has 5 rings (SSSR count). The molecule has 4 nitrogen and oxygen atoms in total. The lowest BCUT2D eigenvalue weighted by atomic mass is 10.00. The van der Waals surface area contributed by atoms with Gasteiger partial charge in [-0.25, -0.2) is 4.79 Å². The van der Waals surface area contributed by atoms with Gasteiger partial charge >= 0.3 is 6.03 Å². The Morgan fingerprint density at radius 1 is 0.969 bits per heavy atom. The second-order valence-corrected chi connectivity index (χ2v) is 8.70. The van der Waals surface area contributed by atoms with Crippen molar-refractivity contribution in [2.24, 2.45) is 0 Å². The molecule has 1 atom stereocenters. The molecule has 0 saturated carbocycles. The summed E-state index contributed by atoms with van der Waals surface area (Å²) in [6.45, 7) is 4.53. The Labute approximate surface area is 193 Å². The summed E-state index contributed by atoms with van der Waals surface area (Å²) >= 11 is 6.21. The number of aromatic nitrogens is 1. The molecule has 1 aliphatic rings. The zero-order chi connectivity index (χ0) is 22.2. The Morgan fingerprint density at radius 3 is 2.66 bits per heavy atom. The number of benzene rings is 3. The molecule has 3 aromatic carbocycles. The van der Waals surface area contributed by atoms with Crippen molar-refractivity contribution in [1.82, 2.24) is 9.47 Å². The van der Waals surface area contributed by atoms with Crippen LogP contribution in [0.5, 0.6) is 0 Å². The maximum Gasteiger partial charge on any atom is 0.322 e. The maximum absolute atomic E-state index is 13.8. The van der Waals surface area contributed by atoms with Crippen LogP contribution in [0, 0.1) is 13.8 Å². The summed E-state index contributed by atoms with van der Waals surface area (Å²) in [6, 6.07) is 25.9. The van der Waals surface area contributed by atoms with E-state index >= 15 is 0 Å². The van der Waals surface area contributed by atoms with E-state index in [4.69, 9.17) is 11.6 Å². The lowest BCUT2D eigenvalue weighted by Crippen LogP contribution is -2.38. The first-order chi connectivity index (χ1) is 15.5. The number of hydrogen-bond donors (Lipinski definition) is 1. The van der Waals surface area contributed by atoms with Crippen molar-refractivity contribution in [3.63, 3.8) is 0 Å². The molecule has 160 valence electrons. The summed E-state index contributed by atoms with van der Waals surface area (Å²) in [5.41, 5.74) is 7.17. The number of nitrogens with one attached hydrogen (secondary N) is 1. The Hall–Kier alpha value is -3.50. The second-order valence-electron chi connectivity index (χ2n) is 8.27. The SMILES string of the molecule is Cc1cccc([C@H]2c3cccn3-c3ccccc3CN2C(=O)Nc2cc(Cl)ccc2C)c1. The van der Waals surface area contributed by atoms with Crippen LogP contribution >= 0.6 is 11.6 Å². The van der Waals surface area contributed by atoms with Crippen molar-refractivity contribution in [1.29, 1.82) is 0 Å². The van der Waals surface area contributed by atoms with Crippen LogP contribution in [-0.2, 0) is 6.54 Å². The topological polar surface area (TPSA) is 37.3 Å². The number of para-hydroxylation sites is 1. The molecule has 5 heteroatoms. The monoisotopic (exact) mass is 441 g/mol. The Bertz CT molecular complexity index is 1310. The van der Waals surface area contributed by atoms with Crippen molar-refractivity contribution in [2.75, 3.05) is 5.32 Å². The third-order valence-electron chi connectivity index (χ3n) is 6.02. The fourth-order valence-corrected chi connectivity index (χ4v) is 4.62. The van der Waals surface area contributed by atoms with Gasteiger partial charge in [-0.15, -0.1) is 0 Å². The van der Waals surface area contributed by atoms with Crippen LogP contribution in [0.15, 0.2) is 85.1 Å². The number of hydrogen-bond acceptors (Lipinski definition) is 1. The number of carbonyl (C=O) groups is 1. The second kappa shape index (κ2) is 8.21. The number of amides is 2. The molecular weight excluding hydrogens is 418 g/mol. The normalized spacial score (nSPS) is 15.0. The molecule has 0 saturated heterocycles. The van der Waals surface area contributed by atoms with Gasteiger partial charge in [0.05, 0.1) is 18.3 Å². The number of anilines is 1. The molecule has 0 unspecified atom stereocenters. The minimum atomic E-state index is -0.239. The number of nitrogens with zero attached hydrogens (tertiary/aromatic N) is 2. The van der Waals surface area contributed by atoms with Crippen molar-refractivity contribution in [3.8, 4) is 5.69 Å². The van der Waals surface area contributed by atoms with Crippen LogP contribution in [0.3, 0.4) is 0 Å². The van der Waals surface area contributed by atoms with Gasteiger partial charge in [-0.1, -0.05) is 65.7 Å². The molecule has 0 spiro atoms. The number of halogens is 1. The molecule has 2 amide bonds. The molecule has 4 aromatic rings. The molecule has 0 radical (unpaired) electrons. The number of carbonyl (C=O) groups excluding carboxylic acids is 1. The molecule has 32 heavy (non-hydrogen) atoms. The third-order valence-corrected chi connectivity index (χ3v) is 6.26. The van der Waals surface area contributed by atoms with E-state index in [-0.39, 0.29) is 12.1 Å². The highest BCUT2D eigenvalue weighted by Gasteiger charge is 2.33. The molecule has 0 aliphatic carbocycles. The van der Waals surface area contributed by atoms with Crippen molar-refractivity contribution < 1.29 is 4.79 Å². The van der Waals surface area contributed by atoms with Crippen LogP contribution in [-0.4, -0.2) is 15.5 Å². The van der Waals surface area contributed by atoms with Crippen LogP contribution in [0.25, 0.3) is 5.69 Å². The molecule has 1 N–H and O–H groups in total. The number of fused-ring (bicyclic) bond motifs is 3. The molecule has 1 aliphatic heterocycles. The summed E-state index contributed by atoms with van der Waals surface area (Å²) in [5.74, 6) is 0. The minimum absolute atomic E-state index is 0.161. The molecule has 0 fully saturated rings. The van der Waals surface area contributed by atoms with Gasteiger partial charge in [-0.2, -0.15) is 0 Å². The average molecular weight is 442 g/mol. The molecular formula is C27H24ClN3O. The van der Waals surface area contributed by atoms with Gasteiger partial charge in [0, 0.05) is 22.6 Å². The fourth-order valence-electron chi connectivity index (χ4n) is 4.45. The third kappa shape index (κ3) is 3.67. The highest BCUT2D eigenvalue weighted by atomic mass is 35.5. The van der Waals surface area contributed by atoms with Crippen molar-refractivity contribution in [3.05, 3.63) is 118 Å². The lowest BCUT2D eigenvalue weighted by molar-refractivity contribution is 0.194. The highest BCUT2D eigenvalue weighted by molar-refractivity contribution is 6.31. The summed E-state index contributed by atoms with van der Waals surface area (Å²) in [7, 11) is 0. The molecule has 1 aromatic heterocycles. The van der Waals surface area contributed by atoms with Gasteiger partial charge in [0.25, 0.3) is 0 Å². The van der Waals surface area contributed by atoms with E-state index in [1.807, 2.05) is 48.2 Å². The van der Waals surface area contributed by atoms with E-state index in [0.717, 1.165) is 39.3 Å². The van der Waals surface area contributed by atoms with E-state index in [9.17, 15) is 4.79 Å². The first-order valence-electron chi connectivity index (χ1n) is 10.7. The minimum Gasteiger partial charge on any atom is -0.318 e. The summed E-state index contributed by atoms with van der Waals surface area (Å²) in [6.07, 6.45) is 2.07. The van der Waals surface area contributed by atoms with E-state index in [1.165, 1.54) is 0 Å². The van der Waals surface area contributed by atoms with Crippen LogP contribution in [0.4, 0.5) is 10.5 Å². The Morgan fingerprint density at radius 2 is 1.81 bits per heavy atom. The van der Waals surface area contributed by atoms with Gasteiger partial charge in [-0.05, 0) is 60.9 Å². The highest BCUT2D eigenvalue weighted by Crippen LogP contribution is 2.37. The lowest BCUT2D eigenvalue weighted by Gasteiger charge is -2.31. The zero-order valence-corrected chi connectivity index (χ0v) is 18.8. The predicted octanol–water partition coefficient (Wildman–Crippen LogP) is 6.88. The fraction of sp³-hybridized carbons (Fsp3) is 0.148. The first-order valence-corrected chi connectivity index (χ1v) is 11.0. The van der Waals surface area contributed by atoms with E-state index in [0.29, 0.717) is 11.6 Å². The summed E-state index contributed by atoms with van der Waals surface area (Å²) < 4.78 is 2.19. The standard InChI is InChI=1S/C27H24ClN3O/c1-18-7-5-9-20(15-18)26-25-11-6-14-30(25)24-10-4-3-8-21(24)17-31(26)27(32)29-23-16-22(28)13-12-19(23)2/h3-16,26H,17H2,1-2H3,(H,29,32)/t26-/m0/s1. The van der Waals surface area contributed by atoms with E-state index in [1.54, 1.807) is 6.07 Å². The smallest absolute Gasteiger partial charge is 0.318 e. The predicted molar refractivity (Wildman–Crippen MR) is 130 cm³/mol. The van der Waals surface area contributed by atoms with Crippen molar-refractivity contribution in [2.45, 2.75) is 26.4 Å². The molecule has 0 bridgehead atoms. The van der Waals surface area contributed by atoms with Gasteiger partial charge in [-0.3, -0.25) is 0 Å². The molecule has 2 heterocycles. The van der Waals surface area contributed by atoms with Crippen LogP contribution < -0.4 is 5.32 Å². The zero-order valence-electron chi connectivity index (χ0n) is 18.0. The average Bonchev–Trinajstić information content (AvgIpc) is 3.20. The number of aryl methyl sites for hydroxylation is 2. The Balaban J connectivity index is 1.65. The van der Waals surface area contributed by atoms with Crippen LogP contribution in [0.1, 0.15) is 34.0 Å². The maximum atomic E-state index is 13.8. The van der Waals surface area contributed by atoms with Gasteiger partial charge in [0.15, 0.2) is 0 Å². The largest absolute Gasteiger partial charge is 0.322 e. The van der Waals surface area contributed by atoms with Gasteiger partial charge in [0.1, 0.15) is 0 Å². The van der Waals surface area contributed by atoms with Gasteiger partial charge < -0.3 is 14.8 Å².